The van der Waals surface area contributed by atoms with Crippen LogP contribution in [0, 0.1) is 0 Å². The lowest BCUT2D eigenvalue weighted by Gasteiger charge is -2.16. The van der Waals surface area contributed by atoms with Crippen molar-refractivity contribution in [2.24, 2.45) is 4.99 Å². The zero-order valence-electron chi connectivity index (χ0n) is 19.2. The number of carbonyl (C=O) groups excluding carboxylic acids is 1. The standard InChI is InChI=1S/C28H28N2O2S/c1-4-20-7-13-23(14-8-20)29-28-30(24-15-9-21(5-2)10-16-24)27(31)26(33-28)19-22-11-17-25(18-12-22)32-6-3/h7-19H,4-6H2,1-3H3. The van der Waals surface area contributed by atoms with Crippen LogP contribution >= 0.6 is 11.8 Å². The number of rotatable bonds is 7. The highest BCUT2D eigenvalue weighted by Gasteiger charge is 2.34. The number of benzene rings is 3. The predicted molar refractivity (Wildman–Crippen MR) is 139 cm³/mol. The van der Waals surface area contributed by atoms with Crippen LogP contribution in [0.4, 0.5) is 11.4 Å². The third-order valence-corrected chi connectivity index (χ3v) is 6.44. The first kappa shape index (κ1) is 22.9. The van der Waals surface area contributed by atoms with Gasteiger partial charge in [0.25, 0.3) is 5.91 Å². The van der Waals surface area contributed by atoms with Gasteiger partial charge in [-0.1, -0.05) is 50.2 Å². The molecule has 0 N–H and O–H groups in total. The van der Waals surface area contributed by atoms with E-state index in [9.17, 15) is 4.79 Å². The zero-order valence-corrected chi connectivity index (χ0v) is 20.1. The maximum Gasteiger partial charge on any atom is 0.271 e. The molecule has 0 saturated carbocycles. The van der Waals surface area contributed by atoms with Crippen LogP contribution in [0.15, 0.2) is 82.7 Å². The average Bonchev–Trinajstić information content (AvgIpc) is 3.15. The maximum atomic E-state index is 13.5. The van der Waals surface area contributed by atoms with E-state index in [0.717, 1.165) is 35.5 Å². The van der Waals surface area contributed by atoms with Gasteiger partial charge in [0.1, 0.15) is 5.75 Å². The quantitative estimate of drug-likeness (QED) is 0.359. The number of amides is 1. The Morgan fingerprint density at radius 1 is 0.848 bits per heavy atom. The smallest absolute Gasteiger partial charge is 0.271 e. The molecule has 0 radical (unpaired) electrons. The van der Waals surface area contributed by atoms with Crippen molar-refractivity contribution >= 4 is 40.3 Å². The third-order valence-electron chi connectivity index (χ3n) is 5.47. The number of carbonyl (C=O) groups is 1. The van der Waals surface area contributed by atoms with Crippen molar-refractivity contribution in [2.45, 2.75) is 33.6 Å². The second-order valence-corrected chi connectivity index (χ2v) is 8.70. The molecule has 0 unspecified atom stereocenters. The second-order valence-electron chi connectivity index (χ2n) is 7.69. The molecule has 0 aromatic heterocycles. The van der Waals surface area contributed by atoms with Gasteiger partial charge in [-0.2, -0.15) is 0 Å². The Kier molecular flexibility index (Phi) is 7.30. The van der Waals surface area contributed by atoms with Crippen molar-refractivity contribution < 1.29 is 9.53 Å². The van der Waals surface area contributed by atoms with Crippen molar-refractivity contribution in [3.05, 3.63) is 94.4 Å². The van der Waals surface area contributed by atoms with E-state index in [1.807, 2.05) is 61.5 Å². The Morgan fingerprint density at radius 2 is 1.45 bits per heavy atom. The van der Waals surface area contributed by atoms with Gasteiger partial charge in [-0.3, -0.25) is 9.69 Å². The van der Waals surface area contributed by atoms with Crippen LogP contribution in [0.5, 0.6) is 5.75 Å². The number of nitrogens with zero attached hydrogens (tertiary/aromatic N) is 2. The Bertz CT molecular complexity index is 1160. The molecule has 3 aromatic carbocycles. The molecule has 1 fully saturated rings. The molecule has 1 saturated heterocycles. The molecule has 0 spiro atoms. The Hall–Kier alpha value is -3.31. The monoisotopic (exact) mass is 456 g/mol. The number of amidine groups is 1. The lowest BCUT2D eigenvalue weighted by Crippen LogP contribution is -2.28. The summed E-state index contributed by atoms with van der Waals surface area (Å²) in [6.07, 6.45) is 3.85. The lowest BCUT2D eigenvalue weighted by molar-refractivity contribution is -0.113. The molecule has 33 heavy (non-hydrogen) atoms. The van der Waals surface area contributed by atoms with E-state index in [0.29, 0.717) is 16.7 Å². The van der Waals surface area contributed by atoms with Gasteiger partial charge in [-0.05, 0) is 90.7 Å². The van der Waals surface area contributed by atoms with E-state index in [1.54, 1.807) is 4.90 Å². The highest BCUT2D eigenvalue weighted by atomic mass is 32.2. The fraction of sp³-hybridized carbons (Fsp3) is 0.214. The van der Waals surface area contributed by atoms with Crippen molar-refractivity contribution in [3.8, 4) is 5.75 Å². The van der Waals surface area contributed by atoms with Crippen LogP contribution in [-0.4, -0.2) is 17.7 Å². The summed E-state index contributed by atoms with van der Waals surface area (Å²) in [6, 6.07) is 24.1. The SMILES string of the molecule is CCOc1ccc(C=C2SC(=Nc3ccc(CC)cc3)N(c3ccc(CC)cc3)C2=O)cc1. The summed E-state index contributed by atoms with van der Waals surface area (Å²) < 4.78 is 5.53. The minimum Gasteiger partial charge on any atom is -0.494 e. The zero-order chi connectivity index (χ0) is 23.2. The maximum absolute atomic E-state index is 13.5. The fourth-order valence-corrected chi connectivity index (χ4v) is 4.55. The first-order chi connectivity index (χ1) is 16.1. The first-order valence-corrected chi connectivity index (χ1v) is 12.2. The van der Waals surface area contributed by atoms with Gasteiger partial charge in [0.2, 0.25) is 0 Å². The third kappa shape index (κ3) is 5.37. The van der Waals surface area contributed by atoms with Crippen LogP contribution in [0.3, 0.4) is 0 Å². The number of aryl methyl sites for hydroxylation is 2. The molecule has 1 aliphatic heterocycles. The molecule has 0 bridgehead atoms. The van der Waals surface area contributed by atoms with Crippen molar-refractivity contribution in [2.75, 3.05) is 11.5 Å². The van der Waals surface area contributed by atoms with E-state index in [1.165, 1.54) is 22.9 Å². The van der Waals surface area contributed by atoms with Gasteiger partial charge < -0.3 is 4.74 Å². The average molecular weight is 457 g/mol. The van der Waals surface area contributed by atoms with Crippen molar-refractivity contribution in [1.29, 1.82) is 0 Å². The summed E-state index contributed by atoms with van der Waals surface area (Å²) in [7, 11) is 0. The van der Waals surface area contributed by atoms with Crippen molar-refractivity contribution in [1.82, 2.24) is 0 Å². The number of thioether (sulfide) groups is 1. The van der Waals surface area contributed by atoms with Gasteiger partial charge in [-0.25, -0.2) is 4.99 Å². The summed E-state index contributed by atoms with van der Waals surface area (Å²) in [5.41, 5.74) is 5.10. The van der Waals surface area contributed by atoms with Gasteiger partial charge >= 0.3 is 0 Å². The molecule has 1 amide bonds. The normalized spacial score (nSPS) is 16.1. The van der Waals surface area contributed by atoms with Crippen LogP contribution in [-0.2, 0) is 17.6 Å². The van der Waals surface area contributed by atoms with Crippen LogP contribution in [0.25, 0.3) is 6.08 Å². The topological polar surface area (TPSA) is 41.9 Å². The molecule has 3 aromatic rings. The van der Waals surface area contributed by atoms with Gasteiger partial charge in [-0.15, -0.1) is 0 Å². The summed E-state index contributed by atoms with van der Waals surface area (Å²) in [6.45, 7) is 6.84. The summed E-state index contributed by atoms with van der Waals surface area (Å²) >= 11 is 1.40. The molecule has 4 rings (SSSR count). The highest BCUT2D eigenvalue weighted by molar-refractivity contribution is 8.19. The lowest BCUT2D eigenvalue weighted by atomic mass is 10.1. The number of hydrogen-bond donors (Lipinski definition) is 0. The van der Waals surface area contributed by atoms with E-state index in [2.05, 4.69) is 38.1 Å². The van der Waals surface area contributed by atoms with Crippen LogP contribution in [0.2, 0.25) is 0 Å². The minimum absolute atomic E-state index is 0.0675. The Balaban J connectivity index is 1.70. The molecule has 1 heterocycles. The Morgan fingerprint density at radius 3 is 2.03 bits per heavy atom. The predicted octanol–water partition coefficient (Wildman–Crippen LogP) is 7.02. The summed E-state index contributed by atoms with van der Waals surface area (Å²) in [4.78, 5) is 20.7. The van der Waals surface area contributed by atoms with Gasteiger partial charge in [0, 0.05) is 0 Å². The first-order valence-electron chi connectivity index (χ1n) is 11.3. The molecule has 0 aliphatic carbocycles. The van der Waals surface area contributed by atoms with E-state index in [-0.39, 0.29) is 5.91 Å². The number of hydrogen-bond acceptors (Lipinski definition) is 4. The number of anilines is 1. The molecular weight excluding hydrogens is 428 g/mol. The molecular formula is C28H28N2O2S. The molecule has 0 atom stereocenters. The largest absolute Gasteiger partial charge is 0.494 e. The number of ether oxygens (including phenoxy) is 1. The van der Waals surface area contributed by atoms with Crippen LogP contribution < -0.4 is 9.64 Å². The van der Waals surface area contributed by atoms with Crippen molar-refractivity contribution in [3.63, 3.8) is 0 Å². The summed E-state index contributed by atoms with van der Waals surface area (Å²) in [5, 5.41) is 0.658. The van der Waals surface area contributed by atoms with E-state index >= 15 is 0 Å². The minimum atomic E-state index is -0.0675. The molecule has 168 valence electrons. The fourth-order valence-electron chi connectivity index (χ4n) is 3.55. The molecule has 5 heteroatoms. The van der Waals surface area contributed by atoms with Crippen LogP contribution in [0.1, 0.15) is 37.5 Å². The Labute approximate surface area is 200 Å². The molecule has 1 aliphatic rings. The van der Waals surface area contributed by atoms with E-state index in [4.69, 9.17) is 9.73 Å². The molecule has 4 nitrogen and oxygen atoms in total. The number of aliphatic imine (C=N–C) groups is 1. The summed E-state index contributed by atoms with van der Waals surface area (Å²) in [5.74, 6) is 0.752. The second kappa shape index (κ2) is 10.5. The highest BCUT2D eigenvalue weighted by Crippen LogP contribution is 2.37. The van der Waals surface area contributed by atoms with Gasteiger partial charge in [0.05, 0.1) is 22.9 Å². The van der Waals surface area contributed by atoms with Gasteiger partial charge in [0.15, 0.2) is 5.17 Å². The van der Waals surface area contributed by atoms with E-state index < -0.39 is 0 Å².